The van der Waals surface area contributed by atoms with E-state index in [-0.39, 0.29) is 0 Å². The maximum atomic E-state index is 4.71. The van der Waals surface area contributed by atoms with Crippen LogP contribution in [-0.2, 0) is 4.74 Å². The Balaban J connectivity index is 0.000000144. The molecule has 0 aromatic rings. The predicted octanol–water partition coefficient (Wildman–Crippen LogP) is 1.02. The van der Waals surface area contributed by atoms with Gasteiger partial charge in [-0.05, 0) is 20.0 Å². The molecule has 56 valence electrons. The van der Waals surface area contributed by atoms with Gasteiger partial charge in [0.05, 0.1) is 12.7 Å². The Bertz CT molecular complexity index is 50.9. The molecule has 0 aromatic carbocycles. The summed E-state index contributed by atoms with van der Waals surface area (Å²) in [6.45, 7) is 9.43. The molecule has 1 unspecified atom stereocenters. The Morgan fingerprint density at radius 1 is 1.44 bits per heavy atom. The fraction of sp³-hybridized carbons (Fsp3) is 1.00. The number of hydrogen-bond acceptors (Lipinski definition) is 2. The van der Waals surface area contributed by atoms with Gasteiger partial charge in [-0.15, -0.1) is 0 Å². The number of nitrogens with one attached hydrogen (secondary N) is 1. The minimum Gasteiger partial charge on any atom is -0.373 e. The molecule has 1 atom stereocenters. The zero-order valence-corrected chi connectivity index (χ0v) is 6.61. The average molecular weight is 131 g/mol. The highest BCUT2D eigenvalue weighted by Crippen LogP contribution is 2.04. The van der Waals surface area contributed by atoms with Crippen molar-refractivity contribution < 1.29 is 4.74 Å². The zero-order chi connectivity index (χ0) is 7.11. The molecule has 1 aliphatic rings. The van der Waals surface area contributed by atoms with Crippen LogP contribution >= 0.6 is 0 Å². The smallest absolute Gasteiger partial charge is 0.0781 e. The quantitative estimate of drug-likeness (QED) is 0.566. The van der Waals surface area contributed by atoms with Crippen molar-refractivity contribution in [2.75, 3.05) is 19.7 Å². The van der Waals surface area contributed by atoms with Gasteiger partial charge in [-0.1, -0.05) is 13.8 Å². The number of epoxide rings is 1. The molecule has 1 fully saturated rings. The van der Waals surface area contributed by atoms with Gasteiger partial charge < -0.3 is 10.1 Å². The molecule has 1 saturated heterocycles. The van der Waals surface area contributed by atoms with E-state index in [0.29, 0.717) is 6.10 Å². The third-order valence-electron chi connectivity index (χ3n) is 1.00. The second-order valence-corrected chi connectivity index (χ2v) is 2.10. The second-order valence-electron chi connectivity index (χ2n) is 2.10. The molecule has 0 aromatic heterocycles. The van der Waals surface area contributed by atoms with E-state index in [1.54, 1.807) is 0 Å². The highest BCUT2D eigenvalue weighted by Gasteiger charge is 2.13. The van der Waals surface area contributed by atoms with Crippen molar-refractivity contribution in [1.29, 1.82) is 0 Å². The Kier molecular flexibility index (Phi) is 5.99. The maximum Gasteiger partial charge on any atom is 0.0781 e. The molecule has 1 heterocycles. The van der Waals surface area contributed by atoms with Crippen LogP contribution in [0.3, 0.4) is 0 Å². The van der Waals surface area contributed by atoms with Crippen molar-refractivity contribution in [1.82, 2.24) is 5.32 Å². The highest BCUT2D eigenvalue weighted by atomic mass is 16.6. The molecule has 2 nitrogen and oxygen atoms in total. The van der Waals surface area contributed by atoms with Crippen molar-refractivity contribution in [3.63, 3.8) is 0 Å². The summed E-state index contributed by atoms with van der Waals surface area (Å²) in [4.78, 5) is 0. The van der Waals surface area contributed by atoms with E-state index in [1.165, 1.54) is 0 Å². The van der Waals surface area contributed by atoms with Crippen molar-refractivity contribution >= 4 is 0 Å². The summed E-state index contributed by atoms with van der Waals surface area (Å²) in [5, 5.41) is 3.11. The minimum atomic E-state index is 0.583. The second kappa shape index (κ2) is 6.05. The molecule has 1 aliphatic heterocycles. The monoisotopic (exact) mass is 131 g/mol. The van der Waals surface area contributed by atoms with E-state index >= 15 is 0 Å². The summed E-state index contributed by atoms with van der Waals surface area (Å²) in [5.74, 6) is 0. The first kappa shape index (κ1) is 8.92. The highest BCUT2D eigenvalue weighted by molar-refractivity contribution is 4.58. The van der Waals surface area contributed by atoms with Crippen LogP contribution in [0.2, 0.25) is 0 Å². The standard InChI is InChI=1S/C4H11N.C3H6O/c1-3-5-4-2;1-3-2-4-3/h5H,3-4H2,1-2H3;3H,2H2,1H3. The molecular weight excluding hydrogens is 114 g/mol. The lowest BCUT2D eigenvalue weighted by molar-refractivity contribution is 0.423. The summed E-state index contributed by atoms with van der Waals surface area (Å²) in [6, 6.07) is 0. The Hall–Kier alpha value is -0.0800. The lowest BCUT2D eigenvalue weighted by Crippen LogP contribution is -2.09. The fourth-order valence-corrected chi connectivity index (χ4v) is 0.346. The molecule has 2 heteroatoms. The summed E-state index contributed by atoms with van der Waals surface area (Å²) in [5.41, 5.74) is 0. The van der Waals surface area contributed by atoms with Gasteiger partial charge >= 0.3 is 0 Å². The zero-order valence-electron chi connectivity index (χ0n) is 6.61. The van der Waals surface area contributed by atoms with Crippen LogP contribution in [0.1, 0.15) is 20.8 Å². The Labute approximate surface area is 57.6 Å². The summed E-state index contributed by atoms with van der Waals surface area (Å²) >= 11 is 0. The van der Waals surface area contributed by atoms with Crippen LogP contribution in [0, 0.1) is 0 Å². The van der Waals surface area contributed by atoms with Crippen molar-refractivity contribution in [2.45, 2.75) is 26.9 Å². The topological polar surface area (TPSA) is 24.6 Å². The molecule has 9 heavy (non-hydrogen) atoms. The van der Waals surface area contributed by atoms with E-state index < -0.39 is 0 Å². The normalized spacial score (nSPS) is 22.3. The molecule has 0 saturated carbocycles. The third-order valence-corrected chi connectivity index (χ3v) is 1.00. The van der Waals surface area contributed by atoms with Crippen molar-refractivity contribution in [3.8, 4) is 0 Å². The van der Waals surface area contributed by atoms with E-state index in [2.05, 4.69) is 26.1 Å². The Morgan fingerprint density at radius 3 is 1.78 bits per heavy atom. The summed E-state index contributed by atoms with van der Waals surface area (Å²) in [6.07, 6.45) is 0.583. The molecule has 1 N–H and O–H groups in total. The summed E-state index contributed by atoms with van der Waals surface area (Å²) < 4.78 is 4.71. The van der Waals surface area contributed by atoms with Crippen LogP contribution in [0.15, 0.2) is 0 Å². The third kappa shape index (κ3) is 11.5. The molecule has 0 bridgehead atoms. The van der Waals surface area contributed by atoms with Crippen LogP contribution in [0.25, 0.3) is 0 Å². The van der Waals surface area contributed by atoms with Gasteiger partial charge in [-0.25, -0.2) is 0 Å². The first-order valence-electron chi connectivity index (χ1n) is 3.63. The van der Waals surface area contributed by atoms with Gasteiger partial charge in [0, 0.05) is 0 Å². The minimum absolute atomic E-state index is 0.583. The van der Waals surface area contributed by atoms with Gasteiger partial charge in [0.25, 0.3) is 0 Å². The number of rotatable bonds is 2. The van der Waals surface area contributed by atoms with Crippen molar-refractivity contribution in [3.05, 3.63) is 0 Å². The molecule has 0 aliphatic carbocycles. The van der Waals surface area contributed by atoms with Gasteiger partial charge in [-0.3, -0.25) is 0 Å². The lowest BCUT2D eigenvalue weighted by atomic mass is 10.6. The lowest BCUT2D eigenvalue weighted by Gasteiger charge is -1.86. The fourth-order valence-electron chi connectivity index (χ4n) is 0.346. The van der Waals surface area contributed by atoms with Gasteiger partial charge in [0.15, 0.2) is 0 Å². The number of hydrogen-bond donors (Lipinski definition) is 1. The SMILES string of the molecule is CC1CO1.CCNCC. The van der Waals surface area contributed by atoms with E-state index in [4.69, 9.17) is 4.74 Å². The molecule has 0 amide bonds. The van der Waals surface area contributed by atoms with Crippen LogP contribution < -0.4 is 5.32 Å². The summed E-state index contributed by atoms with van der Waals surface area (Å²) in [7, 11) is 0. The molecule has 0 spiro atoms. The van der Waals surface area contributed by atoms with Gasteiger partial charge in [-0.2, -0.15) is 0 Å². The van der Waals surface area contributed by atoms with Crippen LogP contribution in [0.5, 0.6) is 0 Å². The van der Waals surface area contributed by atoms with Crippen molar-refractivity contribution in [2.24, 2.45) is 0 Å². The predicted molar refractivity (Wildman–Crippen MR) is 39.6 cm³/mol. The first-order chi connectivity index (χ1) is 4.31. The van der Waals surface area contributed by atoms with Gasteiger partial charge in [0.1, 0.15) is 0 Å². The van der Waals surface area contributed by atoms with Crippen LogP contribution in [-0.4, -0.2) is 25.8 Å². The molecular formula is C7H17NO. The van der Waals surface area contributed by atoms with E-state index in [0.717, 1.165) is 19.7 Å². The maximum absolute atomic E-state index is 4.71. The van der Waals surface area contributed by atoms with E-state index in [1.807, 2.05) is 0 Å². The molecule has 1 rings (SSSR count). The Morgan fingerprint density at radius 2 is 1.78 bits per heavy atom. The average Bonchev–Trinajstić information content (AvgIpc) is 2.55. The largest absolute Gasteiger partial charge is 0.373 e. The van der Waals surface area contributed by atoms with Crippen LogP contribution in [0.4, 0.5) is 0 Å². The molecule has 0 radical (unpaired) electrons. The van der Waals surface area contributed by atoms with E-state index in [9.17, 15) is 0 Å². The van der Waals surface area contributed by atoms with Gasteiger partial charge in [0.2, 0.25) is 0 Å². The first-order valence-corrected chi connectivity index (χ1v) is 3.63. The number of ether oxygens (including phenoxy) is 1.